The van der Waals surface area contributed by atoms with Gasteiger partial charge in [-0.25, -0.2) is 9.37 Å². The van der Waals surface area contributed by atoms with Gasteiger partial charge in [-0.2, -0.15) is 0 Å². The Balaban J connectivity index is 1.92. The second kappa shape index (κ2) is 6.10. The number of nitrogens with zero attached hydrogens (tertiary/aromatic N) is 1. The highest BCUT2D eigenvalue weighted by Crippen LogP contribution is 2.29. The van der Waals surface area contributed by atoms with Gasteiger partial charge in [0.15, 0.2) is 0 Å². The molecule has 0 aliphatic carbocycles. The van der Waals surface area contributed by atoms with Crippen LogP contribution in [0.25, 0.3) is 10.2 Å². The lowest BCUT2D eigenvalue weighted by Crippen LogP contribution is -2.19. The Morgan fingerprint density at radius 2 is 2.10 bits per heavy atom. The number of para-hydroxylation sites is 1. The zero-order valence-corrected chi connectivity index (χ0v) is 13.0. The molecular weight excluding hydrogens is 307 g/mol. The van der Waals surface area contributed by atoms with Crippen molar-refractivity contribution >= 4 is 33.2 Å². The van der Waals surface area contributed by atoms with E-state index >= 15 is 0 Å². The Labute approximate surface area is 131 Å². The van der Waals surface area contributed by atoms with Crippen molar-refractivity contribution in [2.24, 2.45) is 0 Å². The second-order valence-corrected chi connectivity index (χ2v) is 6.30. The van der Waals surface area contributed by atoms with E-state index in [4.69, 9.17) is 11.6 Å². The first-order chi connectivity index (χ1) is 10.2. The molecule has 5 heteroatoms. The van der Waals surface area contributed by atoms with E-state index in [1.54, 1.807) is 23.5 Å². The molecule has 0 aliphatic rings. The van der Waals surface area contributed by atoms with E-state index in [0.29, 0.717) is 17.0 Å². The van der Waals surface area contributed by atoms with Gasteiger partial charge in [0.2, 0.25) is 0 Å². The van der Waals surface area contributed by atoms with Crippen LogP contribution in [-0.2, 0) is 6.42 Å². The third-order valence-corrected chi connectivity index (χ3v) is 4.77. The zero-order chi connectivity index (χ0) is 14.8. The largest absolute Gasteiger partial charge is 0.311 e. The molecule has 0 saturated carbocycles. The van der Waals surface area contributed by atoms with Crippen LogP contribution < -0.4 is 5.32 Å². The van der Waals surface area contributed by atoms with E-state index in [1.165, 1.54) is 6.07 Å². The summed E-state index contributed by atoms with van der Waals surface area (Å²) < 4.78 is 15.0. The summed E-state index contributed by atoms with van der Waals surface area (Å²) in [6.45, 7) is 0. The van der Waals surface area contributed by atoms with Gasteiger partial charge < -0.3 is 5.32 Å². The number of aromatic nitrogens is 1. The molecule has 2 aromatic carbocycles. The number of rotatable bonds is 4. The quantitative estimate of drug-likeness (QED) is 0.760. The molecule has 0 bridgehead atoms. The smallest absolute Gasteiger partial charge is 0.126 e. The molecule has 0 radical (unpaired) electrons. The Morgan fingerprint density at radius 1 is 1.29 bits per heavy atom. The average Bonchev–Trinajstić information content (AvgIpc) is 2.91. The second-order valence-electron chi connectivity index (χ2n) is 4.80. The predicted octanol–water partition coefficient (Wildman–Crippen LogP) is 4.59. The molecule has 1 heterocycles. The summed E-state index contributed by atoms with van der Waals surface area (Å²) in [6.07, 6.45) is 0.517. The minimum absolute atomic E-state index is 0.0321. The molecule has 1 unspecified atom stereocenters. The van der Waals surface area contributed by atoms with Crippen molar-refractivity contribution in [2.75, 3.05) is 7.05 Å². The third-order valence-electron chi connectivity index (χ3n) is 3.39. The van der Waals surface area contributed by atoms with Gasteiger partial charge in [0.05, 0.1) is 16.3 Å². The number of nitrogens with one attached hydrogen (secondary N) is 1. The molecule has 1 atom stereocenters. The molecule has 0 spiro atoms. The topological polar surface area (TPSA) is 24.9 Å². The highest BCUT2D eigenvalue weighted by atomic mass is 35.5. The van der Waals surface area contributed by atoms with E-state index in [1.807, 2.05) is 31.3 Å². The Bertz CT molecular complexity index is 739. The number of hydrogen-bond donors (Lipinski definition) is 1. The minimum atomic E-state index is -0.235. The normalized spacial score (nSPS) is 12.7. The number of thiazole rings is 1. The summed E-state index contributed by atoms with van der Waals surface area (Å²) in [7, 11) is 1.86. The average molecular weight is 321 g/mol. The van der Waals surface area contributed by atoms with Crippen LogP contribution in [0.15, 0.2) is 42.5 Å². The minimum Gasteiger partial charge on any atom is -0.311 e. The SMILES string of the molecule is CNC(Cc1cc(Cl)ccc1F)c1nc2ccccc2s1. The molecule has 21 heavy (non-hydrogen) atoms. The van der Waals surface area contributed by atoms with Gasteiger partial charge in [-0.05, 0) is 49.4 Å². The summed E-state index contributed by atoms with van der Waals surface area (Å²) in [5.74, 6) is -0.235. The number of halogens is 2. The van der Waals surface area contributed by atoms with E-state index in [2.05, 4.69) is 10.3 Å². The standard InChI is InChI=1S/C16H14ClFN2S/c1-19-14(9-10-8-11(17)6-7-12(10)18)16-20-13-4-2-3-5-15(13)21-16/h2-8,14,19H,9H2,1H3. The van der Waals surface area contributed by atoms with E-state index in [9.17, 15) is 4.39 Å². The lowest BCUT2D eigenvalue weighted by Gasteiger charge is -2.14. The molecule has 0 aliphatic heterocycles. The first-order valence-electron chi connectivity index (χ1n) is 6.64. The van der Waals surface area contributed by atoms with Gasteiger partial charge in [-0.3, -0.25) is 0 Å². The maximum atomic E-state index is 13.9. The molecule has 0 amide bonds. The molecular formula is C16H14ClFN2S. The number of likely N-dealkylation sites (N-methyl/N-ethyl adjacent to an activating group) is 1. The van der Waals surface area contributed by atoms with Crippen LogP contribution in [0.2, 0.25) is 5.02 Å². The predicted molar refractivity (Wildman–Crippen MR) is 86.5 cm³/mol. The molecule has 1 N–H and O–H groups in total. The highest BCUT2D eigenvalue weighted by Gasteiger charge is 2.17. The zero-order valence-electron chi connectivity index (χ0n) is 11.4. The summed E-state index contributed by atoms with van der Waals surface area (Å²) in [6, 6.07) is 12.6. The molecule has 2 nitrogen and oxygen atoms in total. The first-order valence-corrected chi connectivity index (χ1v) is 7.83. The third kappa shape index (κ3) is 3.07. The highest BCUT2D eigenvalue weighted by molar-refractivity contribution is 7.18. The molecule has 0 saturated heterocycles. The maximum Gasteiger partial charge on any atom is 0.126 e. The van der Waals surface area contributed by atoms with Gasteiger partial charge >= 0.3 is 0 Å². The molecule has 1 aromatic heterocycles. The Hall–Kier alpha value is -1.49. The van der Waals surface area contributed by atoms with E-state index in [-0.39, 0.29) is 11.9 Å². The van der Waals surface area contributed by atoms with Crippen molar-refractivity contribution in [1.29, 1.82) is 0 Å². The summed E-state index contributed by atoms with van der Waals surface area (Å²) in [4.78, 5) is 4.63. The van der Waals surface area contributed by atoms with Crippen LogP contribution in [-0.4, -0.2) is 12.0 Å². The van der Waals surface area contributed by atoms with E-state index in [0.717, 1.165) is 15.2 Å². The van der Waals surface area contributed by atoms with Gasteiger partial charge in [-0.15, -0.1) is 11.3 Å². The summed E-state index contributed by atoms with van der Waals surface area (Å²) >= 11 is 7.58. The molecule has 3 aromatic rings. The van der Waals surface area contributed by atoms with Crippen LogP contribution in [0, 0.1) is 5.82 Å². The van der Waals surface area contributed by atoms with Crippen LogP contribution >= 0.6 is 22.9 Å². The van der Waals surface area contributed by atoms with Crippen molar-refractivity contribution in [3.8, 4) is 0 Å². The van der Waals surface area contributed by atoms with Crippen molar-refractivity contribution in [1.82, 2.24) is 10.3 Å². The van der Waals surface area contributed by atoms with Crippen molar-refractivity contribution in [2.45, 2.75) is 12.5 Å². The number of benzene rings is 2. The maximum absolute atomic E-state index is 13.9. The Morgan fingerprint density at radius 3 is 2.86 bits per heavy atom. The van der Waals surface area contributed by atoms with Crippen LogP contribution in [0.3, 0.4) is 0 Å². The fourth-order valence-electron chi connectivity index (χ4n) is 2.27. The van der Waals surface area contributed by atoms with Gasteiger partial charge in [0.1, 0.15) is 10.8 Å². The molecule has 108 valence electrons. The van der Waals surface area contributed by atoms with Crippen LogP contribution in [0.1, 0.15) is 16.6 Å². The van der Waals surface area contributed by atoms with Crippen molar-refractivity contribution in [3.63, 3.8) is 0 Å². The molecule has 3 rings (SSSR count). The van der Waals surface area contributed by atoms with Gasteiger partial charge in [-0.1, -0.05) is 23.7 Å². The van der Waals surface area contributed by atoms with Crippen molar-refractivity contribution < 1.29 is 4.39 Å². The van der Waals surface area contributed by atoms with Gasteiger partial charge in [0, 0.05) is 5.02 Å². The number of hydrogen-bond acceptors (Lipinski definition) is 3. The lowest BCUT2D eigenvalue weighted by molar-refractivity contribution is 0.553. The fourth-order valence-corrected chi connectivity index (χ4v) is 3.54. The first kappa shape index (κ1) is 14.4. The van der Waals surface area contributed by atoms with Gasteiger partial charge in [0.25, 0.3) is 0 Å². The van der Waals surface area contributed by atoms with E-state index < -0.39 is 0 Å². The summed E-state index contributed by atoms with van der Waals surface area (Å²) in [5, 5.41) is 4.72. The van der Waals surface area contributed by atoms with Crippen LogP contribution in [0.4, 0.5) is 4.39 Å². The summed E-state index contributed by atoms with van der Waals surface area (Å²) in [5.41, 5.74) is 1.57. The monoisotopic (exact) mass is 320 g/mol. The lowest BCUT2D eigenvalue weighted by atomic mass is 10.1. The van der Waals surface area contributed by atoms with Crippen molar-refractivity contribution in [3.05, 3.63) is 63.9 Å². The number of fused-ring (bicyclic) bond motifs is 1. The Kier molecular flexibility index (Phi) is 4.19. The van der Waals surface area contributed by atoms with Crippen LogP contribution in [0.5, 0.6) is 0 Å². The molecule has 0 fully saturated rings. The fraction of sp³-hybridized carbons (Fsp3) is 0.188.